The van der Waals surface area contributed by atoms with E-state index in [1.165, 1.54) is 0 Å². The highest BCUT2D eigenvalue weighted by atomic mass is 16.4. The second kappa shape index (κ2) is 6.34. The van der Waals surface area contributed by atoms with Gasteiger partial charge < -0.3 is 5.11 Å². The Kier molecular flexibility index (Phi) is 5.35. The van der Waals surface area contributed by atoms with E-state index in [9.17, 15) is 4.79 Å². The quantitative estimate of drug-likeness (QED) is 0.424. The van der Waals surface area contributed by atoms with Gasteiger partial charge in [-0.3, -0.25) is 0 Å². The number of nitrogens with one attached hydrogen (secondary N) is 1. The van der Waals surface area contributed by atoms with E-state index < -0.39 is 5.97 Å². The number of carboxylic acid groups (broad SMARTS) is 1. The van der Waals surface area contributed by atoms with E-state index in [0.717, 1.165) is 6.08 Å². The minimum absolute atomic E-state index is 0.130. The summed E-state index contributed by atoms with van der Waals surface area (Å²) >= 11 is 0. The minimum Gasteiger partial charge on any atom is -0.478 e. The van der Waals surface area contributed by atoms with Crippen molar-refractivity contribution in [2.75, 3.05) is 0 Å². The van der Waals surface area contributed by atoms with Crippen molar-refractivity contribution < 1.29 is 14.7 Å². The van der Waals surface area contributed by atoms with E-state index in [2.05, 4.69) is 6.58 Å². The number of carboxylic acids is 1. The molecule has 0 aliphatic carbocycles. The first kappa shape index (κ1) is 11.8. The van der Waals surface area contributed by atoms with Crippen molar-refractivity contribution in [2.45, 2.75) is 0 Å². The predicted octanol–water partition coefficient (Wildman–Crippen LogP) is 1.69. The van der Waals surface area contributed by atoms with Crippen molar-refractivity contribution in [1.82, 2.24) is 0 Å². The van der Waals surface area contributed by atoms with Crippen molar-refractivity contribution >= 4 is 17.6 Å². The summed E-state index contributed by atoms with van der Waals surface area (Å²) in [5.41, 5.74) is 0.783. The van der Waals surface area contributed by atoms with E-state index in [1.807, 2.05) is 6.07 Å². The third-order valence-corrected chi connectivity index (χ3v) is 1.38. The zero-order valence-corrected chi connectivity index (χ0v) is 7.36. The van der Waals surface area contributed by atoms with Gasteiger partial charge in [0.05, 0.1) is 5.57 Å². The van der Waals surface area contributed by atoms with Crippen LogP contribution in [-0.2, 0) is 9.59 Å². The Morgan fingerprint density at radius 3 is 2.14 bits per heavy atom. The van der Waals surface area contributed by atoms with Crippen LogP contribution in [0.4, 0.5) is 0 Å². The molecule has 1 aromatic rings. The van der Waals surface area contributed by atoms with E-state index in [-0.39, 0.29) is 5.57 Å². The molecule has 0 radical (unpaired) electrons. The second-order valence-corrected chi connectivity index (χ2v) is 2.25. The summed E-state index contributed by atoms with van der Waals surface area (Å²) in [6.07, 6.45) is 0.750. The standard InChI is InChI=1S/C9H8O2.CHNO/c1-7(9(10)11)8-5-3-2-4-6-8;2-1-3/h2-6H,1H2,(H,10,11);2H. The maximum absolute atomic E-state index is 10.4. The van der Waals surface area contributed by atoms with Gasteiger partial charge in [0.1, 0.15) is 0 Å². The van der Waals surface area contributed by atoms with Crippen LogP contribution >= 0.6 is 0 Å². The van der Waals surface area contributed by atoms with Gasteiger partial charge in [0.15, 0.2) is 0 Å². The fourth-order valence-electron chi connectivity index (χ4n) is 0.763. The van der Waals surface area contributed by atoms with Crippen LogP contribution in [0.2, 0.25) is 0 Å². The van der Waals surface area contributed by atoms with Gasteiger partial charge in [-0.25, -0.2) is 15.0 Å². The summed E-state index contributed by atoms with van der Waals surface area (Å²) in [4.78, 5) is 18.7. The van der Waals surface area contributed by atoms with Gasteiger partial charge >= 0.3 is 5.97 Å². The maximum Gasteiger partial charge on any atom is 0.335 e. The molecule has 0 aromatic heterocycles. The molecule has 72 valence electrons. The van der Waals surface area contributed by atoms with E-state index in [0.29, 0.717) is 5.56 Å². The summed E-state index contributed by atoms with van der Waals surface area (Å²) in [6, 6.07) is 8.83. The van der Waals surface area contributed by atoms with Gasteiger partial charge in [-0.05, 0) is 5.56 Å². The molecular formula is C10H9NO3. The first-order valence-electron chi connectivity index (χ1n) is 3.65. The molecule has 0 saturated heterocycles. The van der Waals surface area contributed by atoms with Crippen molar-refractivity contribution in [1.29, 1.82) is 5.41 Å². The molecule has 1 rings (SSSR count). The highest BCUT2D eigenvalue weighted by molar-refractivity contribution is 6.14. The highest BCUT2D eigenvalue weighted by Crippen LogP contribution is 2.10. The predicted molar refractivity (Wildman–Crippen MR) is 51.5 cm³/mol. The fraction of sp³-hybridized carbons (Fsp3) is 0. The number of hydrogen-bond acceptors (Lipinski definition) is 3. The lowest BCUT2D eigenvalue weighted by atomic mass is 10.1. The van der Waals surface area contributed by atoms with Crippen LogP contribution in [0.15, 0.2) is 36.9 Å². The number of benzene rings is 1. The maximum atomic E-state index is 10.4. The largest absolute Gasteiger partial charge is 0.478 e. The molecule has 1 aromatic carbocycles. The second-order valence-electron chi connectivity index (χ2n) is 2.25. The summed E-state index contributed by atoms with van der Waals surface area (Å²) < 4.78 is 0. The molecule has 0 aliphatic rings. The summed E-state index contributed by atoms with van der Waals surface area (Å²) in [7, 11) is 0. The molecule has 0 amide bonds. The highest BCUT2D eigenvalue weighted by Gasteiger charge is 2.04. The molecule has 0 bridgehead atoms. The zero-order chi connectivity index (χ0) is 11.0. The van der Waals surface area contributed by atoms with Gasteiger partial charge in [0.2, 0.25) is 6.08 Å². The van der Waals surface area contributed by atoms with E-state index in [4.69, 9.17) is 15.3 Å². The molecule has 14 heavy (non-hydrogen) atoms. The summed E-state index contributed by atoms with van der Waals surface area (Å²) in [5.74, 6) is -0.976. The normalized spacial score (nSPS) is 7.71. The van der Waals surface area contributed by atoms with Crippen LogP contribution in [0, 0.1) is 5.41 Å². The zero-order valence-electron chi connectivity index (χ0n) is 7.36. The van der Waals surface area contributed by atoms with Crippen molar-refractivity contribution in [3.05, 3.63) is 42.5 Å². The lowest BCUT2D eigenvalue weighted by Gasteiger charge is -1.97. The first-order valence-corrected chi connectivity index (χ1v) is 3.65. The molecule has 0 saturated carbocycles. The molecule has 0 unspecified atom stereocenters. The Hall–Kier alpha value is -2.19. The minimum atomic E-state index is -0.976. The number of carbonyl (C=O) groups excluding carboxylic acids is 1. The molecule has 4 heteroatoms. The van der Waals surface area contributed by atoms with Gasteiger partial charge in [-0.2, -0.15) is 0 Å². The van der Waals surface area contributed by atoms with Gasteiger partial charge in [0, 0.05) is 0 Å². The molecule has 0 spiro atoms. The number of rotatable bonds is 2. The van der Waals surface area contributed by atoms with E-state index in [1.54, 1.807) is 24.3 Å². The van der Waals surface area contributed by atoms with Crippen molar-refractivity contribution in [3.63, 3.8) is 0 Å². The Balaban J connectivity index is 0.000000500. The summed E-state index contributed by atoms with van der Waals surface area (Å²) in [5, 5.41) is 13.9. The lowest BCUT2D eigenvalue weighted by Crippen LogP contribution is -1.96. The summed E-state index contributed by atoms with van der Waals surface area (Å²) in [6.45, 7) is 3.42. The molecule has 0 heterocycles. The van der Waals surface area contributed by atoms with Crippen LogP contribution in [0.3, 0.4) is 0 Å². The molecule has 2 N–H and O–H groups in total. The molecule has 0 aliphatic heterocycles. The Bertz CT molecular complexity index is 351. The average molecular weight is 191 g/mol. The number of carbonyl (C=O) groups is 1. The number of isocyanates is 1. The molecule has 0 atom stereocenters. The van der Waals surface area contributed by atoms with Crippen molar-refractivity contribution in [2.24, 2.45) is 0 Å². The third-order valence-electron chi connectivity index (χ3n) is 1.38. The van der Waals surface area contributed by atoms with Crippen LogP contribution in [0.1, 0.15) is 5.56 Å². The van der Waals surface area contributed by atoms with Crippen LogP contribution in [-0.4, -0.2) is 17.2 Å². The Morgan fingerprint density at radius 1 is 1.36 bits per heavy atom. The lowest BCUT2D eigenvalue weighted by molar-refractivity contribution is -0.130. The van der Waals surface area contributed by atoms with Crippen LogP contribution in [0.25, 0.3) is 5.57 Å². The number of aliphatic carboxylic acids is 1. The molecule has 0 fully saturated rings. The first-order chi connectivity index (χ1) is 6.63. The SMILES string of the molecule is C=C(C(=O)O)c1ccccc1.N=C=O. The third kappa shape index (κ3) is 3.99. The average Bonchev–Trinajstić information content (AvgIpc) is 2.19. The Labute approximate surface area is 81.0 Å². The fourth-order valence-corrected chi connectivity index (χ4v) is 0.763. The number of hydrogen-bond donors (Lipinski definition) is 2. The smallest absolute Gasteiger partial charge is 0.335 e. The monoisotopic (exact) mass is 191 g/mol. The van der Waals surface area contributed by atoms with Crippen molar-refractivity contribution in [3.8, 4) is 0 Å². The van der Waals surface area contributed by atoms with Crippen LogP contribution in [0.5, 0.6) is 0 Å². The van der Waals surface area contributed by atoms with Gasteiger partial charge in [-0.15, -0.1) is 0 Å². The van der Waals surface area contributed by atoms with Crippen LogP contribution < -0.4 is 0 Å². The topological polar surface area (TPSA) is 78.2 Å². The van der Waals surface area contributed by atoms with Gasteiger partial charge in [0.25, 0.3) is 0 Å². The van der Waals surface area contributed by atoms with E-state index >= 15 is 0 Å². The van der Waals surface area contributed by atoms with Gasteiger partial charge in [-0.1, -0.05) is 36.9 Å². The Morgan fingerprint density at radius 2 is 1.79 bits per heavy atom. The molecule has 4 nitrogen and oxygen atoms in total. The molecular weight excluding hydrogens is 182 g/mol.